The average molecular weight is 412 g/mol. The molecule has 0 aromatic carbocycles. The number of hydrogen-bond donors (Lipinski definition) is 1. The third-order valence-electron chi connectivity index (χ3n) is 6.17. The molecule has 0 bridgehead atoms. The van der Waals surface area contributed by atoms with Crippen LogP contribution in [0.5, 0.6) is 0 Å². The van der Waals surface area contributed by atoms with E-state index in [0.717, 1.165) is 54.3 Å². The van der Waals surface area contributed by atoms with Gasteiger partial charge in [-0.05, 0) is 33.1 Å². The zero-order chi connectivity index (χ0) is 20.3. The van der Waals surface area contributed by atoms with Gasteiger partial charge in [-0.2, -0.15) is 5.10 Å². The van der Waals surface area contributed by atoms with E-state index in [-0.39, 0.29) is 23.5 Å². The second-order valence-electron chi connectivity index (χ2n) is 8.61. The number of quaternary nitrogens is 1. The number of hydrogen-bond acceptors (Lipinski definition) is 4. The molecule has 7 nitrogen and oxygen atoms in total. The van der Waals surface area contributed by atoms with Crippen molar-refractivity contribution in [2.45, 2.75) is 65.0 Å². The van der Waals surface area contributed by atoms with Gasteiger partial charge in [0.05, 0.1) is 35.9 Å². The van der Waals surface area contributed by atoms with Crippen molar-refractivity contribution in [1.82, 2.24) is 14.7 Å². The first kappa shape index (κ1) is 21.3. The maximum Gasteiger partial charge on any atom is 0.277 e. The molecule has 3 rings (SSSR count). The van der Waals surface area contributed by atoms with Gasteiger partial charge in [-0.3, -0.25) is 9.48 Å². The van der Waals surface area contributed by atoms with E-state index in [1.54, 1.807) is 0 Å². The van der Waals surface area contributed by atoms with Gasteiger partial charge in [-0.25, -0.2) is 8.42 Å². The van der Waals surface area contributed by atoms with Crippen molar-refractivity contribution in [3.05, 3.63) is 17.0 Å². The molecule has 2 fully saturated rings. The largest absolute Gasteiger partial charge is 0.338 e. The first-order valence-electron chi connectivity index (χ1n) is 10.6. The van der Waals surface area contributed by atoms with E-state index in [1.165, 1.54) is 19.3 Å². The lowest BCUT2D eigenvalue weighted by molar-refractivity contribution is -0.885. The van der Waals surface area contributed by atoms with Crippen molar-refractivity contribution in [1.29, 1.82) is 0 Å². The van der Waals surface area contributed by atoms with Crippen LogP contribution in [0, 0.1) is 13.8 Å². The minimum absolute atomic E-state index is 0.0552. The van der Waals surface area contributed by atoms with E-state index in [2.05, 4.69) is 12.1 Å². The molecule has 2 aliphatic heterocycles. The Hall–Kier alpha value is -1.41. The van der Waals surface area contributed by atoms with Gasteiger partial charge in [0.1, 0.15) is 6.54 Å². The molecule has 2 atom stereocenters. The normalized spacial score (nSPS) is 24.0. The molecule has 1 unspecified atom stereocenters. The number of carbonyl (C=O) groups is 1. The monoisotopic (exact) mass is 411 g/mol. The van der Waals surface area contributed by atoms with E-state index in [1.807, 2.05) is 23.4 Å². The van der Waals surface area contributed by atoms with Crippen LogP contribution >= 0.6 is 0 Å². The third kappa shape index (κ3) is 5.14. The van der Waals surface area contributed by atoms with Crippen molar-refractivity contribution in [3.8, 4) is 0 Å². The van der Waals surface area contributed by atoms with Crippen molar-refractivity contribution in [3.63, 3.8) is 0 Å². The van der Waals surface area contributed by atoms with Gasteiger partial charge in [0.15, 0.2) is 16.4 Å². The summed E-state index contributed by atoms with van der Waals surface area (Å²) in [5.41, 5.74) is 3.12. The lowest BCUT2D eigenvalue weighted by atomic mass is 10.1. The maximum atomic E-state index is 12.7. The molecule has 2 aliphatic rings. The Morgan fingerprint density at radius 3 is 2.39 bits per heavy atom. The zero-order valence-electron chi connectivity index (χ0n) is 17.5. The van der Waals surface area contributed by atoms with Crippen molar-refractivity contribution >= 4 is 15.7 Å². The molecule has 0 aliphatic carbocycles. The topological polar surface area (TPSA) is 76.7 Å². The van der Waals surface area contributed by atoms with Gasteiger partial charge in [0, 0.05) is 18.8 Å². The third-order valence-corrected chi connectivity index (χ3v) is 7.92. The highest BCUT2D eigenvalue weighted by Crippen LogP contribution is 2.26. The summed E-state index contributed by atoms with van der Waals surface area (Å²) < 4.78 is 25.6. The number of aryl methyl sites for hydroxylation is 1. The van der Waals surface area contributed by atoms with E-state index in [0.29, 0.717) is 13.0 Å². The van der Waals surface area contributed by atoms with Crippen LogP contribution < -0.4 is 4.90 Å². The molecular formula is C20H35N4O3S+. The standard InChI is InChI=1S/C20H34N4O3S/c1-16-19(17(2)24(21-16)18-9-12-28(26,27)15-18)13-22(3)14-20(25)23-10-7-5-4-6-8-11-23/h18H,4-15H2,1-3H3/p+1/t18-/m0/s1. The van der Waals surface area contributed by atoms with Crippen LogP contribution in [0.2, 0.25) is 0 Å². The van der Waals surface area contributed by atoms with E-state index >= 15 is 0 Å². The van der Waals surface area contributed by atoms with Gasteiger partial charge in [0.25, 0.3) is 5.91 Å². The summed E-state index contributed by atoms with van der Waals surface area (Å²) >= 11 is 0. The van der Waals surface area contributed by atoms with Crippen LogP contribution in [-0.2, 0) is 21.2 Å². The van der Waals surface area contributed by atoms with Crippen LogP contribution in [0.25, 0.3) is 0 Å². The molecule has 0 saturated carbocycles. The SMILES string of the molecule is Cc1nn([C@H]2CCS(=O)(=O)C2)c(C)c1C[NH+](C)CC(=O)N1CCCCCCC1. The number of nitrogens with zero attached hydrogens (tertiary/aromatic N) is 3. The van der Waals surface area contributed by atoms with Crippen molar-refractivity contribution in [2.24, 2.45) is 0 Å². The van der Waals surface area contributed by atoms with Crippen molar-refractivity contribution in [2.75, 3.05) is 38.2 Å². The Bertz CT molecular complexity index is 795. The molecule has 0 radical (unpaired) electrons. The fraction of sp³-hybridized carbons (Fsp3) is 0.800. The highest BCUT2D eigenvalue weighted by molar-refractivity contribution is 7.91. The first-order chi connectivity index (χ1) is 13.3. The van der Waals surface area contributed by atoms with Gasteiger partial charge >= 0.3 is 0 Å². The van der Waals surface area contributed by atoms with Gasteiger partial charge < -0.3 is 9.80 Å². The summed E-state index contributed by atoms with van der Waals surface area (Å²) in [7, 11) is -0.883. The highest BCUT2D eigenvalue weighted by atomic mass is 32.2. The smallest absolute Gasteiger partial charge is 0.277 e. The first-order valence-corrected chi connectivity index (χ1v) is 12.4. The average Bonchev–Trinajstić information content (AvgIpc) is 3.08. The molecule has 28 heavy (non-hydrogen) atoms. The molecule has 1 amide bonds. The molecule has 1 aromatic rings. The van der Waals surface area contributed by atoms with Crippen LogP contribution in [0.3, 0.4) is 0 Å². The molecule has 3 heterocycles. The van der Waals surface area contributed by atoms with Crippen LogP contribution in [-0.4, -0.2) is 67.2 Å². The van der Waals surface area contributed by atoms with Crippen LogP contribution in [0.15, 0.2) is 0 Å². The van der Waals surface area contributed by atoms with Crippen LogP contribution in [0.1, 0.15) is 61.5 Å². The Kier molecular flexibility index (Phi) is 6.81. The summed E-state index contributed by atoms with van der Waals surface area (Å²) in [6.45, 7) is 7.00. The number of likely N-dealkylation sites (tertiary alicyclic amines) is 1. The van der Waals surface area contributed by atoms with Crippen molar-refractivity contribution < 1.29 is 18.1 Å². The quantitative estimate of drug-likeness (QED) is 0.773. The van der Waals surface area contributed by atoms with Crippen LogP contribution in [0.4, 0.5) is 0 Å². The molecule has 0 spiro atoms. The second-order valence-corrected chi connectivity index (χ2v) is 10.8. The highest BCUT2D eigenvalue weighted by Gasteiger charge is 2.32. The molecule has 158 valence electrons. The zero-order valence-corrected chi connectivity index (χ0v) is 18.4. The lowest BCUT2D eigenvalue weighted by Crippen LogP contribution is -3.09. The van der Waals surface area contributed by atoms with Gasteiger partial charge in [0.2, 0.25) is 0 Å². The predicted molar refractivity (Wildman–Crippen MR) is 109 cm³/mol. The number of nitrogens with one attached hydrogen (secondary N) is 1. The Morgan fingerprint density at radius 2 is 1.79 bits per heavy atom. The summed E-state index contributed by atoms with van der Waals surface area (Å²) in [5.74, 6) is 0.676. The number of carbonyl (C=O) groups excluding carboxylic acids is 1. The summed E-state index contributed by atoms with van der Waals surface area (Å²) in [5, 5.41) is 4.65. The maximum absolute atomic E-state index is 12.7. The predicted octanol–water partition coefficient (Wildman–Crippen LogP) is 0.667. The lowest BCUT2D eigenvalue weighted by Gasteiger charge is -2.26. The van der Waals surface area contributed by atoms with E-state index in [9.17, 15) is 13.2 Å². The van der Waals surface area contributed by atoms with E-state index < -0.39 is 9.84 Å². The fourth-order valence-electron chi connectivity index (χ4n) is 4.51. The minimum atomic E-state index is -2.94. The number of aromatic nitrogens is 2. The Balaban J connectivity index is 1.62. The number of amides is 1. The minimum Gasteiger partial charge on any atom is -0.338 e. The van der Waals surface area contributed by atoms with E-state index in [4.69, 9.17) is 0 Å². The summed E-state index contributed by atoms with van der Waals surface area (Å²) in [4.78, 5) is 15.9. The molecular weight excluding hydrogens is 376 g/mol. The fourth-order valence-corrected chi connectivity index (χ4v) is 6.20. The summed E-state index contributed by atoms with van der Waals surface area (Å²) in [6.07, 6.45) is 6.60. The molecule has 1 aromatic heterocycles. The molecule has 2 saturated heterocycles. The Labute approximate surface area is 169 Å². The number of rotatable bonds is 5. The van der Waals surface area contributed by atoms with Gasteiger partial charge in [-0.1, -0.05) is 19.3 Å². The number of likely N-dealkylation sites (N-methyl/N-ethyl adjacent to an activating group) is 1. The number of sulfone groups is 1. The second kappa shape index (κ2) is 8.95. The molecule has 8 heteroatoms. The summed E-state index contributed by atoms with van der Waals surface area (Å²) in [6, 6.07) is -0.0552. The Morgan fingerprint density at radius 1 is 1.14 bits per heavy atom. The molecule has 1 N–H and O–H groups in total. The van der Waals surface area contributed by atoms with Gasteiger partial charge in [-0.15, -0.1) is 0 Å².